The van der Waals surface area contributed by atoms with Gasteiger partial charge < -0.3 is 15.5 Å². The lowest BCUT2D eigenvalue weighted by atomic mass is 10.1. The van der Waals surface area contributed by atoms with Crippen LogP contribution in [0.4, 0.5) is 4.79 Å². The maximum Gasteiger partial charge on any atom is 0.315 e. The molecule has 0 spiro atoms. The first-order chi connectivity index (χ1) is 12.2. The first kappa shape index (κ1) is 20.4. The smallest absolute Gasteiger partial charge is 0.315 e. The van der Waals surface area contributed by atoms with Crippen LogP contribution in [0.15, 0.2) is 46.7 Å². The third-order valence-corrected chi connectivity index (χ3v) is 6.21. The van der Waals surface area contributed by atoms with Gasteiger partial charge in [0.05, 0.1) is 17.0 Å². The number of nitrogens with one attached hydrogen (secondary N) is 2. The molecule has 1 aromatic carbocycles. The Hall–Kier alpha value is -1.90. The molecule has 8 heteroatoms. The van der Waals surface area contributed by atoms with E-state index in [1.165, 1.54) is 11.1 Å². The van der Waals surface area contributed by atoms with Crippen molar-refractivity contribution >= 4 is 27.2 Å². The lowest BCUT2D eigenvalue weighted by molar-refractivity contribution is 0.230. The van der Waals surface area contributed by atoms with Crippen LogP contribution in [0.25, 0.3) is 0 Å². The molecule has 0 aliphatic heterocycles. The van der Waals surface area contributed by atoms with Crippen LogP contribution in [0.5, 0.6) is 0 Å². The van der Waals surface area contributed by atoms with Crippen molar-refractivity contribution < 1.29 is 13.2 Å². The van der Waals surface area contributed by atoms with Crippen LogP contribution in [0.2, 0.25) is 0 Å². The zero-order valence-corrected chi connectivity index (χ0v) is 17.0. The number of thiophene rings is 1. The van der Waals surface area contributed by atoms with E-state index in [0.717, 1.165) is 5.56 Å². The Labute approximate surface area is 159 Å². The van der Waals surface area contributed by atoms with Gasteiger partial charge in [0.25, 0.3) is 0 Å². The van der Waals surface area contributed by atoms with Crippen LogP contribution < -0.4 is 10.6 Å². The second kappa shape index (κ2) is 8.66. The van der Waals surface area contributed by atoms with Crippen molar-refractivity contribution in [2.75, 3.05) is 26.9 Å². The van der Waals surface area contributed by atoms with Gasteiger partial charge >= 0.3 is 6.03 Å². The SMILES string of the molecule is CC(NC(=O)NCC(c1cccs1)N(C)C)c1ccc(S(C)(=O)=O)cc1. The second-order valence-electron chi connectivity index (χ2n) is 6.41. The number of amides is 2. The fourth-order valence-electron chi connectivity index (χ4n) is 2.54. The predicted molar refractivity (Wildman–Crippen MR) is 105 cm³/mol. The molecule has 0 fully saturated rings. The van der Waals surface area contributed by atoms with E-state index in [1.807, 2.05) is 32.5 Å². The molecular weight excluding hydrogens is 370 g/mol. The standard InChI is InChI=1S/C18H25N3O3S2/c1-13(14-7-9-15(10-8-14)26(4,23)24)20-18(22)19-12-16(21(2)3)17-6-5-11-25-17/h5-11,13,16H,12H2,1-4H3,(H2,19,20,22). The molecule has 0 radical (unpaired) electrons. The van der Waals surface area contributed by atoms with E-state index in [0.29, 0.717) is 6.54 Å². The molecule has 2 rings (SSSR count). The largest absolute Gasteiger partial charge is 0.336 e. The fraction of sp³-hybridized carbons (Fsp3) is 0.389. The van der Waals surface area contributed by atoms with Gasteiger partial charge in [-0.2, -0.15) is 0 Å². The summed E-state index contributed by atoms with van der Waals surface area (Å²) in [6.45, 7) is 2.36. The van der Waals surface area contributed by atoms with Crippen molar-refractivity contribution in [1.29, 1.82) is 0 Å². The van der Waals surface area contributed by atoms with Gasteiger partial charge in [-0.25, -0.2) is 13.2 Å². The Morgan fingerprint density at radius 3 is 2.35 bits per heavy atom. The van der Waals surface area contributed by atoms with Crippen LogP contribution in [-0.2, 0) is 9.84 Å². The molecule has 0 aliphatic rings. The van der Waals surface area contributed by atoms with E-state index < -0.39 is 9.84 Å². The number of benzene rings is 1. The summed E-state index contributed by atoms with van der Waals surface area (Å²) in [4.78, 5) is 15.7. The van der Waals surface area contributed by atoms with Gasteiger partial charge in [-0.3, -0.25) is 0 Å². The summed E-state index contributed by atoms with van der Waals surface area (Å²) in [7, 11) is 0.745. The van der Waals surface area contributed by atoms with E-state index >= 15 is 0 Å². The summed E-state index contributed by atoms with van der Waals surface area (Å²) in [5, 5.41) is 7.81. The van der Waals surface area contributed by atoms with Crippen LogP contribution >= 0.6 is 11.3 Å². The normalized spacial score (nSPS) is 14.0. The van der Waals surface area contributed by atoms with Gasteiger partial charge in [-0.1, -0.05) is 18.2 Å². The summed E-state index contributed by atoms with van der Waals surface area (Å²) in [6.07, 6.45) is 1.17. The average Bonchev–Trinajstić information content (AvgIpc) is 3.08. The number of hydrogen-bond acceptors (Lipinski definition) is 5. The Morgan fingerprint density at radius 1 is 1.19 bits per heavy atom. The summed E-state index contributed by atoms with van der Waals surface area (Å²) in [5.41, 5.74) is 0.843. The number of carbonyl (C=O) groups is 1. The predicted octanol–water partition coefficient (Wildman–Crippen LogP) is 2.81. The number of sulfone groups is 1. The number of rotatable bonds is 7. The minimum atomic E-state index is -3.22. The highest BCUT2D eigenvalue weighted by Gasteiger charge is 2.17. The van der Waals surface area contributed by atoms with Crippen molar-refractivity contribution in [2.45, 2.75) is 23.9 Å². The van der Waals surface area contributed by atoms with Gasteiger partial charge in [-0.15, -0.1) is 11.3 Å². The number of nitrogens with zero attached hydrogens (tertiary/aromatic N) is 1. The Bertz CT molecular complexity index is 816. The maximum absolute atomic E-state index is 12.2. The molecule has 142 valence electrons. The summed E-state index contributed by atoms with van der Waals surface area (Å²) in [5.74, 6) is 0. The Morgan fingerprint density at radius 2 is 1.85 bits per heavy atom. The number of hydrogen-bond donors (Lipinski definition) is 2. The van der Waals surface area contributed by atoms with Crippen molar-refractivity contribution in [1.82, 2.24) is 15.5 Å². The summed E-state index contributed by atoms with van der Waals surface area (Å²) < 4.78 is 23.0. The third kappa shape index (κ3) is 5.55. The van der Waals surface area contributed by atoms with Crippen LogP contribution in [0, 0.1) is 0 Å². The Balaban J connectivity index is 1.92. The highest BCUT2D eigenvalue weighted by atomic mass is 32.2. The zero-order chi connectivity index (χ0) is 19.3. The lowest BCUT2D eigenvalue weighted by Crippen LogP contribution is -2.41. The van der Waals surface area contributed by atoms with Crippen LogP contribution in [0.3, 0.4) is 0 Å². The second-order valence-corrected chi connectivity index (χ2v) is 9.41. The topological polar surface area (TPSA) is 78.5 Å². The molecule has 0 saturated carbocycles. The maximum atomic E-state index is 12.2. The summed E-state index contributed by atoms with van der Waals surface area (Å²) in [6, 6.07) is 10.2. The summed E-state index contributed by atoms with van der Waals surface area (Å²) >= 11 is 1.66. The average molecular weight is 396 g/mol. The van der Waals surface area contributed by atoms with Gasteiger partial charge in [0.15, 0.2) is 9.84 Å². The number of likely N-dealkylation sites (N-methyl/N-ethyl adjacent to an activating group) is 1. The quantitative estimate of drug-likeness (QED) is 0.756. The van der Waals surface area contributed by atoms with E-state index in [-0.39, 0.29) is 23.0 Å². The minimum absolute atomic E-state index is 0.116. The molecule has 2 amide bonds. The molecule has 0 bridgehead atoms. The monoisotopic (exact) mass is 395 g/mol. The molecule has 2 aromatic rings. The first-order valence-corrected chi connectivity index (χ1v) is 11.0. The van der Waals surface area contributed by atoms with Crippen molar-refractivity contribution in [3.8, 4) is 0 Å². The highest BCUT2D eigenvalue weighted by molar-refractivity contribution is 7.90. The van der Waals surface area contributed by atoms with Gasteiger partial charge in [0.1, 0.15) is 0 Å². The number of carbonyl (C=O) groups excluding carboxylic acids is 1. The number of urea groups is 1. The minimum Gasteiger partial charge on any atom is -0.336 e. The molecule has 1 aromatic heterocycles. The van der Waals surface area contributed by atoms with Crippen LogP contribution in [0.1, 0.15) is 29.4 Å². The van der Waals surface area contributed by atoms with Gasteiger partial charge in [-0.05, 0) is 50.2 Å². The molecule has 0 saturated heterocycles. The first-order valence-electron chi connectivity index (χ1n) is 8.22. The van der Waals surface area contributed by atoms with Crippen molar-refractivity contribution in [3.63, 3.8) is 0 Å². The van der Waals surface area contributed by atoms with Gasteiger partial charge in [0, 0.05) is 17.7 Å². The molecule has 2 atom stereocenters. The van der Waals surface area contributed by atoms with Crippen molar-refractivity contribution in [3.05, 3.63) is 52.2 Å². The zero-order valence-electron chi connectivity index (χ0n) is 15.4. The van der Waals surface area contributed by atoms with Gasteiger partial charge in [0.2, 0.25) is 0 Å². The molecular formula is C18H25N3O3S2. The molecule has 1 heterocycles. The third-order valence-electron chi connectivity index (χ3n) is 4.11. The molecule has 2 N–H and O–H groups in total. The van der Waals surface area contributed by atoms with E-state index in [1.54, 1.807) is 35.6 Å². The van der Waals surface area contributed by atoms with E-state index in [4.69, 9.17) is 0 Å². The highest BCUT2D eigenvalue weighted by Crippen LogP contribution is 2.22. The van der Waals surface area contributed by atoms with Crippen molar-refractivity contribution in [2.24, 2.45) is 0 Å². The lowest BCUT2D eigenvalue weighted by Gasteiger charge is -2.24. The molecule has 2 unspecified atom stereocenters. The molecule has 26 heavy (non-hydrogen) atoms. The fourth-order valence-corrected chi connectivity index (χ4v) is 4.10. The molecule has 0 aliphatic carbocycles. The molecule has 6 nitrogen and oxygen atoms in total. The van der Waals surface area contributed by atoms with E-state index in [9.17, 15) is 13.2 Å². The van der Waals surface area contributed by atoms with Crippen LogP contribution in [-0.4, -0.2) is 46.2 Å². The van der Waals surface area contributed by atoms with E-state index in [2.05, 4.69) is 21.6 Å². The Kier molecular flexibility index (Phi) is 6.80.